The van der Waals surface area contributed by atoms with E-state index in [2.05, 4.69) is 15.3 Å². The number of aryl methyl sites for hydroxylation is 2. The number of rotatable bonds is 2. The second-order valence-electron chi connectivity index (χ2n) is 4.80. The fraction of sp³-hybridized carbons (Fsp3) is 0.133. The van der Waals surface area contributed by atoms with Crippen molar-refractivity contribution in [1.29, 1.82) is 0 Å². The first-order valence-corrected chi connectivity index (χ1v) is 6.80. The molecule has 3 aromatic rings. The Morgan fingerprint density at radius 3 is 2.76 bits per heavy atom. The molecular weight excluding hydrogens is 288 g/mol. The minimum Gasteiger partial charge on any atom is -0.305 e. The molecule has 3 rings (SSSR count). The van der Waals surface area contributed by atoms with Crippen molar-refractivity contribution in [3.63, 3.8) is 0 Å². The van der Waals surface area contributed by atoms with E-state index in [4.69, 9.17) is 11.6 Å². The Hall–Kier alpha value is -2.40. The van der Waals surface area contributed by atoms with Crippen LogP contribution in [-0.2, 0) is 0 Å². The van der Waals surface area contributed by atoms with E-state index in [-0.39, 0.29) is 5.91 Å². The van der Waals surface area contributed by atoms with E-state index < -0.39 is 0 Å². The SMILES string of the molecule is Cc1ccc2nc(C)c(C(=O)Nc3ccc(Cl)cn3)n2c1. The predicted molar refractivity (Wildman–Crippen MR) is 81.9 cm³/mol. The van der Waals surface area contributed by atoms with E-state index in [1.54, 1.807) is 16.5 Å². The Kier molecular flexibility index (Phi) is 3.35. The Morgan fingerprint density at radius 1 is 1.24 bits per heavy atom. The highest BCUT2D eigenvalue weighted by molar-refractivity contribution is 6.30. The van der Waals surface area contributed by atoms with Crippen LogP contribution in [-0.4, -0.2) is 20.3 Å². The number of imidazole rings is 1. The summed E-state index contributed by atoms with van der Waals surface area (Å²) in [6.45, 7) is 3.78. The van der Waals surface area contributed by atoms with Crippen molar-refractivity contribution in [3.8, 4) is 0 Å². The van der Waals surface area contributed by atoms with Crippen LogP contribution in [0.25, 0.3) is 5.65 Å². The zero-order valence-corrected chi connectivity index (χ0v) is 12.3. The van der Waals surface area contributed by atoms with Crippen molar-refractivity contribution in [2.24, 2.45) is 0 Å². The zero-order chi connectivity index (χ0) is 15.0. The largest absolute Gasteiger partial charge is 0.305 e. The molecule has 0 radical (unpaired) electrons. The second kappa shape index (κ2) is 5.18. The third-order valence-electron chi connectivity index (χ3n) is 3.12. The average molecular weight is 301 g/mol. The number of aromatic nitrogens is 3. The van der Waals surface area contributed by atoms with Crippen molar-refractivity contribution in [2.75, 3.05) is 5.32 Å². The molecule has 0 bridgehead atoms. The lowest BCUT2D eigenvalue weighted by atomic mass is 10.3. The van der Waals surface area contributed by atoms with Gasteiger partial charge in [-0.3, -0.25) is 9.20 Å². The highest BCUT2D eigenvalue weighted by atomic mass is 35.5. The number of hydrogen-bond acceptors (Lipinski definition) is 3. The topological polar surface area (TPSA) is 59.3 Å². The Bertz CT molecular complexity index is 824. The lowest BCUT2D eigenvalue weighted by Gasteiger charge is -2.06. The van der Waals surface area contributed by atoms with Crippen molar-refractivity contribution in [1.82, 2.24) is 14.4 Å². The van der Waals surface area contributed by atoms with Crippen molar-refractivity contribution in [3.05, 3.63) is 58.6 Å². The Morgan fingerprint density at radius 2 is 2.05 bits per heavy atom. The summed E-state index contributed by atoms with van der Waals surface area (Å²) in [4.78, 5) is 20.9. The molecule has 5 nitrogen and oxygen atoms in total. The summed E-state index contributed by atoms with van der Waals surface area (Å²) in [5.74, 6) is 0.201. The minimum atomic E-state index is -0.250. The summed E-state index contributed by atoms with van der Waals surface area (Å²) in [5.41, 5.74) is 2.98. The predicted octanol–water partition coefficient (Wildman–Crippen LogP) is 3.25. The van der Waals surface area contributed by atoms with Crippen molar-refractivity contribution in [2.45, 2.75) is 13.8 Å². The van der Waals surface area contributed by atoms with E-state index in [9.17, 15) is 4.79 Å². The summed E-state index contributed by atoms with van der Waals surface area (Å²) >= 11 is 5.78. The molecule has 0 saturated carbocycles. The quantitative estimate of drug-likeness (QED) is 0.790. The molecule has 0 aliphatic rings. The van der Waals surface area contributed by atoms with Gasteiger partial charge in [0.1, 0.15) is 17.2 Å². The second-order valence-corrected chi connectivity index (χ2v) is 5.23. The van der Waals surface area contributed by atoms with Crippen LogP contribution >= 0.6 is 11.6 Å². The number of carbonyl (C=O) groups is 1. The van der Waals surface area contributed by atoms with Crippen LogP contribution in [0.15, 0.2) is 36.7 Å². The van der Waals surface area contributed by atoms with Gasteiger partial charge in [-0.25, -0.2) is 9.97 Å². The third-order valence-corrected chi connectivity index (χ3v) is 3.35. The third kappa shape index (κ3) is 2.60. The van der Waals surface area contributed by atoms with E-state index in [1.165, 1.54) is 6.20 Å². The van der Waals surface area contributed by atoms with Crippen LogP contribution < -0.4 is 5.32 Å². The lowest BCUT2D eigenvalue weighted by Crippen LogP contribution is -2.16. The molecule has 6 heteroatoms. The van der Waals surface area contributed by atoms with Gasteiger partial charge in [-0.2, -0.15) is 0 Å². The first-order valence-electron chi connectivity index (χ1n) is 6.43. The van der Waals surface area contributed by atoms with Gasteiger partial charge in [0.05, 0.1) is 10.7 Å². The Labute approximate surface area is 126 Å². The summed E-state index contributed by atoms with van der Waals surface area (Å²) < 4.78 is 1.79. The maximum atomic E-state index is 12.5. The first kappa shape index (κ1) is 13.6. The number of pyridine rings is 2. The number of hydrogen-bond donors (Lipinski definition) is 1. The molecule has 21 heavy (non-hydrogen) atoms. The molecule has 0 unspecified atom stereocenters. The number of nitrogens with zero attached hydrogens (tertiary/aromatic N) is 3. The number of fused-ring (bicyclic) bond motifs is 1. The highest BCUT2D eigenvalue weighted by Gasteiger charge is 2.17. The van der Waals surface area contributed by atoms with E-state index in [1.807, 2.05) is 32.2 Å². The van der Waals surface area contributed by atoms with Gasteiger partial charge in [0.15, 0.2) is 0 Å². The van der Waals surface area contributed by atoms with Crippen LogP contribution in [0.4, 0.5) is 5.82 Å². The molecule has 0 aliphatic carbocycles. The van der Waals surface area contributed by atoms with Crippen LogP contribution in [0.3, 0.4) is 0 Å². The summed E-state index contributed by atoms with van der Waals surface area (Å²) in [5, 5.41) is 3.28. The molecule has 0 atom stereocenters. The summed E-state index contributed by atoms with van der Waals surface area (Å²) in [6.07, 6.45) is 3.38. The number of nitrogens with one attached hydrogen (secondary N) is 1. The standard InChI is InChI=1S/C15H13ClN4O/c1-9-3-6-13-18-10(2)14(20(13)8-9)15(21)19-12-5-4-11(16)7-17-12/h3-8H,1-2H3,(H,17,19,21). The van der Waals surface area contributed by atoms with Crippen molar-refractivity contribution < 1.29 is 4.79 Å². The molecular formula is C15H13ClN4O. The Balaban J connectivity index is 1.99. The molecule has 0 aliphatic heterocycles. The van der Waals surface area contributed by atoms with Gasteiger partial charge in [-0.1, -0.05) is 17.7 Å². The van der Waals surface area contributed by atoms with Gasteiger partial charge in [0, 0.05) is 12.4 Å². The van der Waals surface area contributed by atoms with Crippen LogP contribution in [0.5, 0.6) is 0 Å². The lowest BCUT2D eigenvalue weighted by molar-refractivity contribution is 0.102. The minimum absolute atomic E-state index is 0.250. The molecule has 0 saturated heterocycles. The molecule has 3 heterocycles. The zero-order valence-electron chi connectivity index (χ0n) is 11.6. The fourth-order valence-electron chi connectivity index (χ4n) is 2.17. The molecule has 1 N–H and O–H groups in total. The van der Waals surface area contributed by atoms with Gasteiger partial charge in [0.25, 0.3) is 5.91 Å². The number of anilines is 1. The molecule has 0 aromatic carbocycles. The first-order chi connectivity index (χ1) is 10.0. The number of carbonyl (C=O) groups excluding carboxylic acids is 1. The van der Waals surface area contributed by atoms with E-state index in [0.29, 0.717) is 22.2 Å². The van der Waals surface area contributed by atoms with Gasteiger partial charge >= 0.3 is 0 Å². The number of amides is 1. The van der Waals surface area contributed by atoms with Crippen molar-refractivity contribution >= 4 is 29.0 Å². The molecule has 0 spiro atoms. The summed E-state index contributed by atoms with van der Waals surface area (Å²) in [6, 6.07) is 7.18. The average Bonchev–Trinajstić information content (AvgIpc) is 2.76. The molecule has 1 amide bonds. The maximum absolute atomic E-state index is 12.5. The smallest absolute Gasteiger partial charge is 0.275 e. The van der Waals surface area contributed by atoms with Gasteiger partial charge in [0.2, 0.25) is 0 Å². The van der Waals surface area contributed by atoms with E-state index >= 15 is 0 Å². The van der Waals surface area contributed by atoms with Crippen LogP contribution in [0.1, 0.15) is 21.7 Å². The molecule has 3 aromatic heterocycles. The highest BCUT2D eigenvalue weighted by Crippen LogP contribution is 2.16. The normalized spacial score (nSPS) is 10.8. The van der Waals surface area contributed by atoms with Gasteiger partial charge in [-0.05, 0) is 37.6 Å². The monoisotopic (exact) mass is 300 g/mol. The van der Waals surface area contributed by atoms with Crippen LogP contribution in [0, 0.1) is 13.8 Å². The summed E-state index contributed by atoms with van der Waals surface area (Å²) in [7, 11) is 0. The molecule has 0 fully saturated rings. The van der Waals surface area contributed by atoms with Gasteiger partial charge in [-0.15, -0.1) is 0 Å². The number of halogens is 1. The fourth-order valence-corrected chi connectivity index (χ4v) is 2.28. The molecule has 106 valence electrons. The van der Waals surface area contributed by atoms with Gasteiger partial charge < -0.3 is 5.32 Å². The maximum Gasteiger partial charge on any atom is 0.275 e. The van der Waals surface area contributed by atoms with E-state index in [0.717, 1.165) is 11.2 Å². The van der Waals surface area contributed by atoms with Crippen LogP contribution in [0.2, 0.25) is 5.02 Å².